The van der Waals surface area contributed by atoms with E-state index in [1.54, 1.807) is 12.1 Å². The van der Waals surface area contributed by atoms with Crippen LogP contribution in [0.15, 0.2) is 48.5 Å². The van der Waals surface area contributed by atoms with Crippen LogP contribution in [0.25, 0.3) is 0 Å². The first-order valence-corrected chi connectivity index (χ1v) is 6.01. The largest absolute Gasteiger partial charge is 0.457 e. The predicted molar refractivity (Wildman–Crippen MR) is 70.3 cm³/mol. The van der Waals surface area contributed by atoms with Crippen LogP contribution in [0.5, 0.6) is 11.5 Å². The molecule has 0 saturated carbocycles. The maximum Gasteiger partial charge on any atom is 0.130 e. The van der Waals surface area contributed by atoms with E-state index in [2.05, 4.69) is 12.2 Å². The number of benzene rings is 2. The van der Waals surface area contributed by atoms with Crippen LogP contribution in [0, 0.1) is 5.82 Å². The molecule has 1 N–H and O–H groups in total. The van der Waals surface area contributed by atoms with Crippen molar-refractivity contribution < 1.29 is 9.13 Å². The minimum absolute atomic E-state index is 0.295. The SMILES string of the molecule is CCNCc1cccc(Oc2cccc(F)c2)c1. The second-order valence-corrected chi connectivity index (χ2v) is 3.99. The molecule has 0 aliphatic heterocycles. The number of rotatable bonds is 5. The van der Waals surface area contributed by atoms with Crippen molar-refractivity contribution in [2.24, 2.45) is 0 Å². The van der Waals surface area contributed by atoms with E-state index >= 15 is 0 Å². The number of hydrogen-bond acceptors (Lipinski definition) is 2. The van der Waals surface area contributed by atoms with Gasteiger partial charge in [-0.3, -0.25) is 0 Å². The number of hydrogen-bond donors (Lipinski definition) is 1. The van der Waals surface area contributed by atoms with Crippen LogP contribution in [0.4, 0.5) is 4.39 Å². The second kappa shape index (κ2) is 6.17. The topological polar surface area (TPSA) is 21.3 Å². The van der Waals surface area contributed by atoms with Gasteiger partial charge in [0.2, 0.25) is 0 Å². The van der Waals surface area contributed by atoms with Gasteiger partial charge in [-0.1, -0.05) is 25.1 Å². The molecule has 2 aromatic carbocycles. The van der Waals surface area contributed by atoms with Crippen LogP contribution in [0.3, 0.4) is 0 Å². The summed E-state index contributed by atoms with van der Waals surface area (Å²) in [7, 11) is 0. The molecule has 0 saturated heterocycles. The fourth-order valence-corrected chi connectivity index (χ4v) is 1.65. The highest BCUT2D eigenvalue weighted by Gasteiger charge is 2.00. The molecule has 0 fully saturated rings. The van der Waals surface area contributed by atoms with Gasteiger partial charge >= 0.3 is 0 Å². The van der Waals surface area contributed by atoms with E-state index < -0.39 is 0 Å². The molecule has 0 aromatic heterocycles. The summed E-state index contributed by atoms with van der Waals surface area (Å²) in [6.45, 7) is 3.79. The van der Waals surface area contributed by atoms with Crippen molar-refractivity contribution in [2.45, 2.75) is 13.5 Å². The Morgan fingerprint density at radius 3 is 2.50 bits per heavy atom. The number of ether oxygens (including phenoxy) is 1. The van der Waals surface area contributed by atoms with E-state index in [-0.39, 0.29) is 5.82 Å². The summed E-state index contributed by atoms with van der Waals surface area (Å²) in [6.07, 6.45) is 0. The number of halogens is 1. The lowest BCUT2D eigenvalue weighted by molar-refractivity contribution is 0.476. The first-order valence-electron chi connectivity index (χ1n) is 6.01. The minimum Gasteiger partial charge on any atom is -0.457 e. The second-order valence-electron chi connectivity index (χ2n) is 3.99. The maximum absolute atomic E-state index is 13.0. The van der Waals surface area contributed by atoms with E-state index in [0.717, 1.165) is 24.4 Å². The molecule has 0 heterocycles. The van der Waals surface area contributed by atoms with Crippen LogP contribution in [0.1, 0.15) is 12.5 Å². The van der Waals surface area contributed by atoms with Crippen LogP contribution in [-0.4, -0.2) is 6.54 Å². The third kappa shape index (κ3) is 3.57. The summed E-state index contributed by atoms with van der Waals surface area (Å²) in [6, 6.07) is 13.9. The highest BCUT2D eigenvalue weighted by molar-refractivity contribution is 5.34. The Balaban J connectivity index is 2.09. The van der Waals surface area contributed by atoms with Crippen LogP contribution >= 0.6 is 0 Å². The first-order chi connectivity index (χ1) is 8.78. The van der Waals surface area contributed by atoms with Crippen molar-refractivity contribution in [1.29, 1.82) is 0 Å². The Labute approximate surface area is 106 Å². The molecule has 3 heteroatoms. The summed E-state index contributed by atoms with van der Waals surface area (Å²) in [4.78, 5) is 0. The van der Waals surface area contributed by atoms with E-state index in [4.69, 9.17) is 4.74 Å². The van der Waals surface area contributed by atoms with Gasteiger partial charge in [0.05, 0.1) is 0 Å². The average Bonchev–Trinajstić information content (AvgIpc) is 2.37. The fourth-order valence-electron chi connectivity index (χ4n) is 1.65. The first kappa shape index (κ1) is 12.6. The van der Waals surface area contributed by atoms with E-state index in [0.29, 0.717) is 5.75 Å². The van der Waals surface area contributed by atoms with Gasteiger partial charge < -0.3 is 10.1 Å². The molecule has 94 valence electrons. The third-order valence-electron chi connectivity index (χ3n) is 2.51. The summed E-state index contributed by atoms with van der Waals surface area (Å²) >= 11 is 0. The zero-order chi connectivity index (χ0) is 12.8. The quantitative estimate of drug-likeness (QED) is 0.866. The van der Waals surface area contributed by atoms with E-state index in [1.165, 1.54) is 12.1 Å². The highest BCUT2D eigenvalue weighted by atomic mass is 19.1. The molecular weight excluding hydrogens is 229 g/mol. The summed E-state index contributed by atoms with van der Waals surface area (Å²) in [5.41, 5.74) is 1.14. The fraction of sp³-hybridized carbons (Fsp3) is 0.200. The molecule has 0 aliphatic rings. The van der Waals surface area contributed by atoms with Gasteiger partial charge in [0.15, 0.2) is 0 Å². The maximum atomic E-state index is 13.0. The molecular formula is C15H16FNO. The van der Waals surface area contributed by atoms with E-state index in [9.17, 15) is 4.39 Å². The van der Waals surface area contributed by atoms with Crippen LogP contribution < -0.4 is 10.1 Å². The van der Waals surface area contributed by atoms with Gasteiger partial charge in [0.25, 0.3) is 0 Å². The standard InChI is InChI=1S/C15H16FNO/c1-2-17-11-12-5-3-7-14(9-12)18-15-8-4-6-13(16)10-15/h3-10,17H,2,11H2,1H3. The lowest BCUT2D eigenvalue weighted by Crippen LogP contribution is -2.11. The zero-order valence-corrected chi connectivity index (χ0v) is 10.3. The van der Waals surface area contributed by atoms with Crippen molar-refractivity contribution in [3.63, 3.8) is 0 Å². The van der Waals surface area contributed by atoms with Crippen LogP contribution in [0.2, 0.25) is 0 Å². The Morgan fingerprint density at radius 2 is 1.78 bits per heavy atom. The van der Waals surface area contributed by atoms with Gasteiger partial charge in [0.1, 0.15) is 17.3 Å². The predicted octanol–water partition coefficient (Wildman–Crippen LogP) is 3.73. The van der Waals surface area contributed by atoms with Crippen LogP contribution in [-0.2, 0) is 6.54 Å². The normalized spacial score (nSPS) is 10.3. The molecule has 0 spiro atoms. The lowest BCUT2D eigenvalue weighted by atomic mass is 10.2. The van der Waals surface area contributed by atoms with Crippen molar-refractivity contribution in [3.05, 3.63) is 59.9 Å². The molecule has 18 heavy (non-hydrogen) atoms. The zero-order valence-electron chi connectivity index (χ0n) is 10.3. The van der Waals surface area contributed by atoms with Gasteiger partial charge in [-0.25, -0.2) is 4.39 Å². The molecule has 0 atom stereocenters. The van der Waals surface area contributed by atoms with Crippen molar-refractivity contribution in [1.82, 2.24) is 5.32 Å². The molecule has 2 aromatic rings. The van der Waals surface area contributed by atoms with Gasteiger partial charge in [-0.15, -0.1) is 0 Å². The highest BCUT2D eigenvalue weighted by Crippen LogP contribution is 2.22. The molecule has 0 amide bonds. The lowest BCUT2D eigenvalue weighted by Gasteiger charge is -2.08. The van der Waals surface area contributed by atoms with Gasteiger partial charge in [0, 0.05) is 12.6 Å². The Kier molecular flexibility index (Phi) is 4.31. The van der Waals surface area contributed by atoms with Crippen molar-refractivity contribution in [3.8, 4) is 11.5 Å². The summed E-state index contributed by atoms with van der Waals surface area (Å²) < 4.78 is 18.6. The summed E-state index contributed by atoms with van der Waals surface area (Å²) in [5.74, 6) is 0.933. The minimum atomic E-state index is -0.295. The van der Waals surface area contributed by atoms with Crippen molar-refractivity contribution in [2.75, 3.05) is 6.54 Å². The molecule has 0 radical (unpaired) electrons. The monoisotopic (exact) mass is 245 g/mol. The molecule has 0 aliphatic carbocycles. The van der Waals surface area contributed by atoms with Crippen molar-refractivity contribution >= 4 is 0 Å². The smallest absolute Gasteiger partial charge is 0.130 e. The molecule has 0 unspecified atom stereocenters. The van der Waals surface area contributed by atoms with Gasteiger partial charge in [-0.2, -0.15) is 0 Å². The Bertz CT molecular complexity index is 513. The Hall–Kier alpha value is -1.87. The average molecular weight is 245 g/mol. The molecule has 0 bridgehead atoms. The van der Waals surface area contributed by atoms with Gasteiger partial charge in [-0.05, 0) is 36.4 Å². The Morgan fingerprint density at radius 1 is 1.06 bits per heavy atom. The molecule has 2 nitrogen and oxygen atoms in total. The van der Waals surface area contributed by atoms with E-state index in [1.807, 2.05) is 24.3 Å². The molecule has 2 rings (SSSR count). The summed E-state index contributed by atoms with van der Waals surface area (Å²) in [5, 5.41) is 3.25. The number of nitrogens with one attached hydrogen (secondary N) is 1. The third-order valence-corrected chi connectivity index (χ3v) is 2.51.